The van der Waals surface area contributed by atoms with Crippen LogP contribution in [0.25, 0.3) is 5.57 Å². The average molecular weight is 481 g/mol. The number of hydrogen-bond acceptors (Lipinski definition) is 5. The predicted molar refractivity (Wildman–Crippen MR) is 138 cm³/mol. The molecule has 4 atom stereocenters. The fourth-order valence-electron chi connectivity index (χ4n) is 5.45. The van der Waals surface area contributed by atoms with Crippen molar-refractivity contribution >= 4 is 29.0 Å². The lowest BCUT2D eigenvalue weighted by molar-refractivity contribution is -0.151. The van der Waals surface area contributed by atoms with Crippen molar-refractivity contribution in [3.05, 3.63) is 108 Å². The van der Waals surface area contributed by atoms with E-state index in [1.54, 1.807) is 38.2 Å². The molecule has 0 unspecified atom stereocenters. The van der Waals surface area contributed by atoms with E-state index in [9.17, 15) is 14.4 Å². The Morgan fingerprint density at radius 1 is 0.806 bits per heavy atom. The summed E-state index contributed by atoms with van der Waals surface area (Å²) in [5.41, 5.74) is 3.44. The van der Waals surface area contributed by atoms with Crippen LogP contribution in [-0.4, -0.2) is 48.4 Å². The van der Waals surface area contributed by atoms with Crippen LogP contribution in [0, 0.1) is 11.8 Å². The number of nitrogens with zero attached hydrogens (tertiary/aromatic N) is 2. The molecule has 6 heteroatoms. The second-order valence-electron chi connectivity index (χ2n) is 9.06. The maximum atomic E-state index is 13.8. The lowest BCUT2D eigenvalue weighted by Crippen LogP contribution is -2.46. The second-order valence-corrected chi connectivity index (χ2v) is 9.06. The molecule has 0 bridgehead atoms. The van der Waals surface area contributed by atoms with Gasteiger partial charge in [-0.3, -0.25) is 19.3 Å². The summed E-state index contributed by atoms with van der Waals surface area (Å²) in [4.78, 5) is 43.7. The van der Waals surface area contributed by atoms with Crippen LogP contribution in [0.5, 0.6) is 0 Å². The third-order valence-electron chi connectivity index (χ3n) is 7.06. The van der Waals surface area contributed by atoms with Crippen LogP contribution < -0.4 is 4.90 Å². The van der Waals surface area contributed by atoms with E-state index in [-0.39, 0.29) is 18.4 Å². The molecule has 2 fully saturated rings. The van der Waals surface area contributed by atoms with Crippen molar-refractivity contribution in [2.45, 2.75) is 19.0 Å². The van der Waals surface area contributed by atoms with Gasteiger partial charge in [-0.15, -0.1) is 0 Å². The molecule has 0 aromatic heterocycles. The molecule has 3 aromatic rings. The number of anilines is 1. The maximum absolute atomic E-state index is 13.8. The molecule has 2 amide bonds. The topological polar surface area (TPSA) is 66.9 Å². The molecule has 6 nitrogen and oxygen atoms in total. The number of benzene rings is 3. The molecule has 0 spiro atoms. The van der Waals surface area contributed by atoms with Crippen molar-refractivity contribution in [2.24, 2.45) is 11.8 Å². The Kier molecular flexibility index (Phi) is 6.53. The quantitative estimate of drug-likeness (QED) is 0.391. The van der Waals surface area contributed by atoms with E-state index < -0.39 is 29.9 Å². The van der Waals surface area contributed by atoms with Gasteiger partial charge in [0.1, 0.15) is 6.04 Å². The molecule has 3 aromatic carbocycles. The largest absolute Gasteiger partial charge is 0.465 e. The van der Waals surface area contributed by atoms with Crippen LogP contribution in [0.3, 0.4) is 0 Å². The minimum atomic E-state index is -0.853. The standard InChI is InChI=1S/C30H28N2O4/c1-3-36-30(35)27-26-25(28(33)32(29(26)34)22-17-11-6-12-18-22)24(31(27)2)19-23(20-13-7-4-8-14-20)21-15-9-5-10-16-21/h4-19,24-27H,3H2,1-2H3/t24-,25+,26+,27+/m1/s1. The van der Waals surface area contributed by atoms with Gasteiger partial charge in [-0.05, 0) is 42.8 Å². The zero-order chi connectivity index (χ0) is 25.2. The summed E-state index contributed by atoms with van der Waals surface area (Å²) in [6.07, 6.45) is 2.03. The Morgan fingerprint density at radius 3 is 1.83 bits per heavy atom. The van der Waals surface area contributed by atoms with Gasteiger partial charge < -0.3 is 4.74 Å². The molecule has 5 rings (SSSR count). The number of amides is 2. The molecule has 0 radical (unpaired) electrons. The Bertz CT molecular complexity index is 1250. The first-order valence-corrected chi connectivity index (χ1v) is 12.2. The van der Waals surface area contributed by atoms with Crippen LogP contribution in [-0.2, 0) is 19.1 Å². The summed E-state index contributed by atoms with van der Waals surface area (Å²) < 4.78 is 5.37. The number of ether oxygens (including phenoxy) is 1. The van der Waals surface area contributed by atoms with Gasteiger partial charge in [-0.2, -0.15) is 0 Å². The summed E-state index contributed by atoms with van der Waals surface area (Å²) in [6.45, 7) is 1.94. The second kappa shape index (κ2) is 9.91. The third kappa shape index (κ3) is 4.03. The van der Waals surface area contributed by atoms with Gasteiger partial charge in [0, 0.05) is 6.04 Å². The van der Waals surface area contributed by atoms with Gasteiger partial charge in [0.25, 0.3) is 0 Å². The van der Waals surface area contributed by atoms with Crippen molar-refractivity contribution in [1.29, 1.82) is 0 Å². The van der Waals surface area contributed by atoms with Crippen LogP contribution in [0.1, 0.15) is 18.1 Å². The molecule has 182 valence electrons. The van der Waals surface area contributed by atoms with Gasteiger partial charge in [-0.25, -0.2) is 4.90 Å². The highest BCUT2D eigenvalue weighted by atomic mass is 16.5. The summed E-state index contributed by atoms with van der Waals surface area (Å²) in [6, 6.07) is 27.4. The third-order valence-corrected chi connectivity index (χ3v) is 7.06. The number of carbonyl (C=O) groups is 3. The van der Waals surface area contributed by atoms with E-state index in [4.69, 9.17) is 4.74 Å². The van der Waals surface area contributed by atoms with E-state index in [0.29, 0.717) is 5.69 Å². The van der Waals surface area contributed by atoms with E-state index in [2.05, 4.69) is 0 Å². The monoisotopic (exact) mass is 480 g/mol. The van der Waals surface area contributed by atoms with Crippen molar-refractivity contribution in [3.8, 4) is 0 Å². The smallest absolute Gasteiger partial charge is 0.324 e. The Balaban J connectivity index is 1.64. The van der Waals surface area contributed by atoms with E-state index in [1.807, 2.05) is 77.7 Å². The predicted octanol–water partition coefficient (Wildman–Crippen LogP) is 4.17. The molecule has 2 aliphatic heterocycles. The highest BCUT2D eigenvalue weighted by Crippen LogP contribution is 2.45. The average Bonchev–Trinajstić information content (AvgIpc) is 3.34. The lowest BCUT2D eigenvalue weighted by atomic mass is 9.87. The minimum Gasteiger partial charge on any atom is -0.465 e. The molecule has 2 heterocycles. The van der Waals surface area contributed by atoms with Crippen LogP contribution in [0.15, 0.2) is 97.1 Å². The van der Waals surface area contributed by atoms with E-state index >= 15 is 0 Å². The molecule has 0 N–H and O–H groups in total. The number of fused-ring (bicyclic) bond motifs is 1. The summed E-state index contributed by atoms with van der Waals surface area (Å²) in [7, 11) is 1.79. The number of hydrogen-bond donors (Lipinski definition) is 0. The van der Waals surface area contributed by atoms with Gasteiger partial charge in [-0.1, -0.05) is 84.9 Å². The maximum Gasteiger partial charge on any atom is 0.324 e. The van der Waals surface area contributed by atoms with E-state index in [0.717, 1.165) is 16.7 Å². The molecule has 2 aliphatic rings. The fourth-order valence-corrected chi connectivity index (χ4v) is 5.45. The summed E-state index contributed by atoms with van der Waals surface area (Å²) >= 11 is 0. The summed E-state index contributed by atoms with van der Waals surface area (Å²) in [5, 5.41) is 0. The summed E-state index contributed by atoms with van der Waals surface area (Å²) in [5.74, 6) is -2.67. The number of imide groups is 1. The lowest BCUT2D eigenvalue weighted by Gasteiger charge is -2.28. The minimum absolute atomic E-state index is 0.199. The number of esters is 1. The highest BCUT2D eigenvalue weighted by molar-refractivity contribution is 6.23. The Morgan fingerprint density at radius 2 is 1.31 bits per heavy atom. The molecular formula is C30H28N2O4. The van der Waals surface area contributed by atoms with Crippen LogP contribution in [0.2, 0.25) is 0 Å². The zero-order valence-electron chi connectivity index (χ0n) is 20.3. The van der Waals surface area contributed by atoms with Crippen molar-refractivity contribution < 1.29 is 19.1 Å². The fraction of sp³-hybridized carbons (Fsp3) is 0.233. The SMILES string of the molecule is CCOC(=O)[C@@H]1[C@H]2C(=O)N(c3ccccc3)C(=O)[C@H]2[C@@H](C=C(c2ccccc2)c2ccccc2)N1C. The first-order chi connectivity index (χ1) is 17.5. The number of rotatable bonds is 6. The van der Waals surface area contributed by atoms with Gasteiger partial charge >= 0.3 is 5.97 Å². The zero-order valence-corrected chi connectivity index (χ0v) is 20.3. The Labute approximate surface area is 210 Å². The molecule has 36 heavy (non-hydrogen) atoms. The molecule has 0 aliphatic carbocycles. The molecule has 0 saturated carbocycles. The number of carbonyl (C=O) groups excluding carboxylic acids is 3. The normalized spacial score (nSPS) is 23.4. The highest BCUT2D eigenvalue weighted by Gasteiger charge is 2.63. The van der Waals surface area contributed by atoms with Crippen molar-refractivity contribution in [1.82, 2.24) is 4.90 Å². The van der Waals surface area contributed by atoms with Gasteiger partial charge in [0.2, 0.25) is 11.8 Å². The number of likely N-dealkylation sites (N-methyl/N-ethyl adjacent to an activating group) is 1. The Hall–Kier alpha value is -4.03. The molecule has 2 saturated heterocycles. The van der Waals surface area contributed by atoms with Crippen molar-refractivity contribution in [2.75, 3.05) is 18.6 Å². The number of para-hydroxylation sites is 1. The van der Waals surface area contributed by atoms with Gasteiger partial charge in [0.05, 0.1) is 24.1 Å². The first-order valence-electron chi connectivity index (χ1n) is 12.2. The first kappa shape index (κ1) is 23.7. The van der Waals surface area contributed by atoms with Gasteiger partial charge in [0.15, 0.2) is 0 Å². The van der Waals surface area contributed by atoms with Crippen molar-refractivity contribution in [3.63, 3.8) is 0 Å². The van der Waals surface area contributed by atoms with E-state index in [1.165, 1.54) is 4.90 Å². The molecular weight excluding hydrogens is 452 g/mol. The number of likely N-dealkylation sites (tertiary alicyclic amines) is 1. The van der Waals surface area contributed by atoms with Crippen LogP contribution in [0.4, 0.5) is 5.69 Å². The van der Waals surface area contributed by atoms with Crippen LogP contribution >= 0.6 is 0 Å².